The maximum absolute atomic E-state index is 13.2. The van der Waals surface area contributed by atoms with Gasteiger partial charge in [0.2, 0.25) is 0 Å². The average molecular weight is 489 g/mol. The van der Waals surface area contributed by atoms with E-state index < -0.39 is 24.2 Å². The van der Waals surface area contributed by atoms with E-state index in [9.17, 15) is 18.0 Å². The van der Waals surface area contributed by atoms with Crippen LogP contribution in [0, 0.1) is 0 Å². The van der Waals surface area contributed by atoms with E-state index in [4.69, 9.17) is 9.84 Å². The predicted octanol–water partition coefficient (Wildman–Crippen LogP) is 7.78. The standard InChI is InChI=1S/C27H27F3O3S/c1-15(11-23(31)32)22-13-19-18(9-6-10-21(19)34-22)24-17-8-5-7-16(17)12-20(26(2,3)4)25(24)33-14-27(28,29)30/h6,9-13H,5,7-8,14H2,1-4H3,(H,31,32)/b15-11+. The average Bonchev–Trinajstić information content (AvgIpc) is 3.36. The molecule has 0 unspecified atom stereocenters. The van der Waals surface area contributed by atoms with Gasteiger partial charge >= 0.3 is 12.1 Å². The Kier molecular flexibility index (Phi) is 6.27. The third-order valence-corrected chi connectivity index (χ3v) is 7.34. The van der Waals surface area contributed by atoms with Crippen molar-refractivity contribution in [2.45, 2.75) is 58.5 Å². The molecule has 1 aromatic heterocycles. The van der Waals surface area contributed by atoms with E-state index in [1.807, 2.05) is 51.1 Å². The van der Waals surface area contributed by atoms with Crippen LogP contribution >= 0.6 is 11.3 Å². The minimum absolute atomic E-state index is 0.295. The van der Waals surface area contributed by atoms with Crippen molar-refractivity contribution in [3.63, 3.8) is 0 Å². The maximum Gasteiger partial charge on any atom is 0.422 e. The van der Waals surface area contributed by atoms with Crippen LogP contribution in [0.2, 0.25) is 0 Å². The molecule has 3 nitrogen and oxygen atoms in total. The molecule has 0 aliphatic heterocycles. The van der Waals surface area contributed by atoms with Crippen molar-refractivity contribution in [2.24, 2.45) is 0 Å². The van der Waals surface area contributed by atoms with Gasteiger partial charge in [0, 0.05) is 32.2 Å². The van der Waals surface area contributed by atoms with Gasteiger partial charge in [0.15, 0.2) is 6.61 Å². The van der Waals surface area contributed by atoms with Crippen LogP contribution in [0.25, 0.3) is 26.8 Å². The largest absolute Gasteiger partial charge is 0.483 e. The first kappa shape index (κ1) is 24.3. The number of carboxylic acid groups (broad SMARTS) is 1. The lowest BCUT2D eigenvalue weighted by molar-refractivity contribution is -0.153. The number of aryl methyl sites for hydroxylation is 1. The van der Waals surface area contributed by atoms with Crippen LogP contribution in [0.1, 0.15) is 55.7 Å². The summed E-state index contributed by atoms with van der Waals surface area (Å²) < 4.78 is 46.3. The number of rotatable bonds is 5. The number of thiophene rings is 1. The Balaban J connectivity index is 2.01. The van der Waals surface area contributed by atoms with Crippen LogP contribution in [-0.2, 0) is 23.1 Å². The lowest BCUT2D eigenvalue weighted by atomic mass is 9.81. The molecule has 1 heterocycles. The second-order valence-corrected chi connectivity index (χ2v) is 10.9. The number of halogens is 3. The van der Waals surface area contributed by atoms with Crippen molar-refractivity contribution < 1.29 is 27.8 Å². The van der Waals surface area contributed by atoms with Gasteiger partial charge in [0.25, 0.3) is 0 Å². The van der Waals surface area contributed by atoms with Gasteiger partial charge in [-0.3, -0.25) is 0 Å². The number of ether oxygens (including phenoxy) is 1. The third-order valence-electron chi connectivity index (χ3n) is 6.10. The Hall–Kier alpha value is -2.80. The molecule has 4 rings (SSSR count). The van der Waals surface area contributed by atoms with E-state index in [2.05, 4.69) is 0 Å². The Morgan fingerprint density at radius 1 is 1.18 bits per heavy atom. The normalized spacial score (nSPS) is 14.5. The molecule has 7 heteroatoms. The van der Waals surface area contributed by atoms with Crippen molar-refractivity contribution in [1.82, 2.24) is 0 Å². The molecule has 1 aliphatic carbocycles. The Morgan fingerprint density at radius 3 is 2.56 bits per heavy atom. The van der Waals surface area contributed by atoms with E-state index in [0.29, 0.717) is 11.3 Å². The number of fused-ring (bicyclic) bond motifs is 2. The van der Waals surface area contributed by atoms with Gasteiger partial charge in [-0.15, -0.1) is 11.3 Å². The first-order valence-corrected chi connectivity index (χ1v) is 12.0. The fraction of sp³-hybridized carbons (Fsp3) is 0.370. The van der Waals surface area contributed by atoms with Gasteiger partial charge in [-0.05, 0) is 66.0 Å². The first-order chi connectivity index (χ1) is 15.8. The van der Waals surface area contributed by atoms with Crippen LogP contribution in [0.5, 0.6) is 5.75 Å². The molecule has 0 bridgehead atoms. The van der Waals surface area contributed by atoms with E-state index in [1.54, 1.807) is 6.92 Å². The summed E-state index contributed by atoms with van der Waals surface area (Å²) in [5, 5.41) is 10.0. The molecule has 0 fully saturated rings. The van der Waals surface area contributed by atoms with Crippen molar-refractivity contribution >= 4 is 33.0 Å². The fourth-order valence-corrected chi connectivity index (χ4v) is 5.66. The quantitative estimate of drug-likeness (QED) is 0.373. The summed E-state index contributed by atoms with van der Waals surface area (Å²) in [4.78, 5) is 12.0. The Bertz CT molecular complexity index is 1290. The highest BCUT2D eigenvalue weighted by atomic mass is 32.1. The summed E-state index contributed by atoms with van der Waals surface area (Å²) in [5.74, 6) is -0.725. The number of aliphatic carboxylic acids is 1. The summed E-state index contributed by atoms with van der Waals surface area (Å²) in [5.41, 5.74) is 4.74. The van der Waals surface area contributed by atoms with E-state index in [1.165, 1.54) is 17.4 Å². The Morgan fingerprint density at radius 2 is 1.91 bits per heavy atom. The second-order valence-electron chi connectivity index (χ2n) is 9.77. The van der Waals surface area contributed by atoms with Gasteiger partial charge in [0.05, 0.1) is 0 Å². The van der Waals surface area contributed by atoms with Crippen LogP contribution in [0.4, 0.5) is 13.2 Å². The highest BCUT2D eigenvalue weighted by molar-refractivity contribution is 7.20. The minimum Gasteiger partial charge on any atom is -0.483 e. The van der Waals surface area contributed by atoms with Crippen molar-refractivity contribution in [1.29, 1.82) is 0 Å². The summed E-state index contributed by atoms with van der Waals surface area (Å²) in [6.07, 6.45) is -0.676. The van der Waals surface area contributed by atoms with Gasteiger partial charge < -0.3 is 9.84 Å². The van der Waals surface area contributed by atoms with Crippen LogP contribution < -0.4 is 4.74 Å². The topological polar surface area (TPSA) is 46.5 Å². The molecular formula is C27H27F3O3S. The van der Waals surface area contributed by atoms with E-state index >= 15 is 0 Å². The number of carboxylic acids is 1. The smallest absolute Gasteiger partial charge is 0.422 e. The molecule has 0 amide bonds. The van der Waals surface area contributed by atoms with Gasteiger partial charge in [0.1, 0.15) is 5.75 Å². The second kappa shape index (κ2) is 8.77. The van der Waals surface area contributed by atoms with Crippen LogP contribution in [0.15, 0.2) is 36.4 Å². The van der Waals surface area contributed by atoms with E-state index in [-0.39, 0.29) is 0 Å². The first-order valence-electron chi connectivity index (χ1n) is 11.2. The van der Waals surface area contributed by atoms with Crippen LogP contribution in [0.3, 0.4) is 0 Å². The monoisotopic (exact) mass is 488 g/mol. The number of hydrogen-bond acceptors (Lipinski definition) is 3. The number of hydrogen-bond donors (Lipinski definition) is 1. The zero-order valence-corrected chi connectivity index (χ0v) is 20.4. The summed E-state index contributed by atoms with van der Waals surface area (Å²) >= 11 is 1.47. The van der Waals surface area contributed by atoms with Gasteiger partial charge in [-0.25, -0.2) is 4.79 Å². The molecule has 0 saturated heterocycles. The molecule has 0 saturated carbocycles. The predicted molar refractivity (Wildman–Crippen MR) is 131 cm³/mol. The zero-order chi connectivity index (χ0) is 24.8. The van der Waals surface area contributed by atoms with Crippen molar-refractivity contribution in [3.8, 4) is 16.9 Å². The number of allylic oxidation sites excluding steroid dienone is 1. The minimum atomic E-state index is -4.45. The highest BCUT2D eigenvalue weighted by Crippen LogP contribution is 2.49. The molecule has 3 aromatic rings. The zero-order valence-electron chi connectivity index (χ0n) is 19.6. The molecule has 34 heavy (non-hydrogen) atoms. The molecular weight excluding hydrogens is 461 g/mol. The molecule has 1 aliphatic rings. The fourth-order valence-electron chi connectivity index (χ4n) is 4.60. The SMILES string of the molecule is C/C(=C\C(=O)O)c1cc2c(-c3c4c(cc(C(C)(C)C)c3OCC(F)(F)F)CCC4)cccc2s1. The summed E-state index contributed by atoms with van der Waals surface area (Å²) in [7, 11) is 0. The van der Waals surface area contributed by atoms with Crippen LogP contribution in [-0.4, -0.2) is 23.9 Å². The molecule has 1 N–H and O–H groups in total. The lowest BCUT2D eigenvalue weighted by Gasteiger charge is -2.28. The summed E-state index contributed by atoms with van der Waals surface area (Å²) in [6, 6.07) is 9.73. The molecule has 2 aromatic carbocycles. The molecule has 0 spiro atoms. The van der Waals surface area contributed by atoms with Crippen molar-refractivity contribution in [2.75, 3.05) is 6.61 Å². The Labute approximate surface area is 200 Å². The molecule has 180 valence electrons. The highest BCUT2D eigenvalue weighted by Gasteiger charge is 2.33. The number of alkyl halides is 3. The van der Waals surface area contributed by atoms with Gasteiger partial charge in [-0.1, -0.05) is 39.0 Å². The maximum atomic E-state index is 13.2. The third kappa shape index (κ3) is 4.85. The van der Waals surface area contributed by atoms with Gasteiger partial charge in [-0.2, -0.15) is 13.2 Å². The van der Waals surface area contributed by atoms with E-state index in [0.717, 1.165) is 62.0 Å². The number of carbonyl (C=O) groups is 1. The summed E-state index contributed by atoms with van der Waals surface area (Å²) in [6.45, 7) is 6.34. The molecule has 0 atom stereocenters. The van der Waals surface area contributed by atoms with Crippen molar-refractivity contribution in [3.05, 3.63) is 58.0 Å². The lowest BCUT2D eigenvalue weighted by Crippen LogP contribution is -2.22. The number of benzene rings is 2. The molecule has 0 radical (unpaired) electrons.